The molecule has 92 valence electrons. The van der Waals surface area contributed by atoms with Crippen molar-refractivity contribution in [3.8, 4) is 0 Å². The Bertz CT molecular complexity index is 262. The molecule has 0 atom stereocenters. The largest absolute Gasteiger partial charge is 0.392 e. The van der Waals surface area contributed by atoms with Crippen LogP contribution in [0.15, 0.2) is 0 Å². The molecule has 1 rings (SSSR count). The van der Waals surface area contributed by atoms with Gasteiger partial charge in [-0.3, -0.25) is 9.69 Å². The topological polar surface area (TPSA) is 49.6 Å². The van der Waals surface area contributed by atoms with Crippen molar-refractivity contribution in [2.45, 2.75) is 31.7 Å². The predicted molar refractivity (Wildman–Crippen MR) is 69.3 cm³/mol. The molecule has 0 aromatic carbocycles. The van der Waals surface area contributed by atoms with E-state index >= 15 is 0 Å². The molecule has 1 saturated carbocycles. The van der Waals surface area contributed by atoms with Crippen molar-refractivity contribution in [2.75, 3.05) is 27.2 Å². The van der Waals surface area contributed by atoms with Gasteiger partial charge < -0.3 is 10.6 Å². The first kappa shape index (κ1) is 13.4. The SMILES string of the molecule is CN(C)C(=O)CN(CC(N)=S)C1CCCC1. The molecule has 16 heavy (non-hydrogen) atoms. The third kappa shape index (κ3) is 4.06. The lowest BCUT2D eigenvalue weighted by Gasteiger charge is -2.28. The van der Waals surface area contributed by atoms with Crippen LogP contribution in [-0.2, 0) is 4.79 Å². The van der Waals surface area contributed by atoms with Crippen LogP contribution in [0.3, 0.4) is 0 Å². The van der Waals surface area contributed by atoms with Gasteiger partial charge in [0, 0.05) is 26.7 Å². The lowest BCUT2D eigenvalue weighted by Crippen LogP contribution is -2.45. The van der Waals surface area contributed by atoms with Gasteiger partial charge in [-0.25, -0.2) is 0 Å². The van der Waals surface area contributed by atoms with E-state index in [4.69, 9.17) is 18.0 Å². The minimum Gasteiger partial charge on any atom is -0.392 e. The molecular weight excluding hydrogens is 222 g/mol. The van der Waals surface area contributed by atoms with Gasteiger partial charge in [-0.15, -0.1) is 0 Å². The highest BCUT2D eigenvalue weighted by Crippen LogP contribution is 2.23. The average molecular weight is 243 g/mol. The highest BCUT2D eigenvalue weighted by molar-refractivity contribution is 7.80. The number of carbonyl (C=O) groups excluding carboxylic acids is 1. The highest BCUT2D eigenvalue weighted by atomic mass is 32.1. The van der Waals surface area contributed by atoms with E-state index in [0.717, 1.165) is 12.8 Å². The summed E-state index contributed by atoms with van der Waals surface area (Å²) < 4.78 is 0. The van der Waals surface area contributed by atoms with Crippen molar-refractivity contribution in [3.63, 3.8) is 0 Å². The number of nitrogens with zero attached hydrogens (tertiary/aromatic N) is 2. The van der Waals surface area contributed by atoms with Crippen LogP contribution >= 0.6 is 12.2 Å². The van der Waals surface area contributed by atoms with E-state index in [1.54, 1.807) is 19.0 Å². The molecule has 1 aliphatic carbocycles. The van der Waals surface area contributed by atoms with Crippen LogP contribution in [0.25, 0.3) is 0 Å². The Labute approximate surface area is 103 Å². The lowest BCUT2D eigenvalue weighted by molar-refractivity contribution is -0.130. The van der Waals surface area contributed by atoms with Crippen molar-refractivity contribution >= 4 is 23.1 Å². The number of hydrogen-bond acceptors (Lipinski definition) is 3. The summed E-state index contributed by atoms with van der Waals surface area (Å²) in [5, 5.41) is 0. The van der Waals surface area contributed by atoms with Gasteiger partial charge in [-0.1, -0.05) is 25.1 Å². The van der Waals surface area contributed by atoms with Crippen molar-refractivity contribution in [3.05, 3.63) is 0 Å². The summed E-state index contributed by atoms with van der Waals surface area (Å²) in [7, 11) is 3.55. The Balaban J connectivity index is 2.55. The Kier molecular flexibility index (Phi) is 5.15. The van der Waals surface area contributed by atoms with E-state index in [1.165, 1.54) is 12.8 Å². The predicted octanol–water partition coefficient (Wildman–Crippen LogP) is 0.605. The Morgan fingerprint density at radius 1 is 1.31 bits per heavy atom. The number of hydrogen-bond donors (Lipinski definition) is 1. The lowest BCUT2D eigenvalue weighted by atomic mass is 10.2. The molecule has 0 unspecified atom stereocenters. The molecule has 1 amide bonds. The molecule has 0 radical (unpaired) electrons. The van der Waals surface area contributed by atoms with Gasteiger partial charge in [-0.05, 0) is 12.8 Å². The first-order chi connectivity index (χ1) is 7.50. The molecule has 0 aromatic rings. The van der Waals surface area contributed by atoms with Gasteiger partial charge in [0.05, 0.1) is 11.5 Å². The monoisotopic (exact) mass is 243 g/mol. The quantitative estimate of drug-likeness (QED) is 0.719. The van der Waals surface area contributed by atoms with Crippen LogP contribution in [0, 0.1) is 0 Å². The highest BCUT2D eigenvalue weighted by Gasteiger charge is 2.25. The van der Waals surface area contributed by atoms with Gasteiger partial charge in [-0.2, -0.15) is 0 Å². The van der Waals surface area contributed by atoms with Crippen molar-refractivity contribution in [1.82, 2.24) is 9.80 Å². The Morgan fingerprint density at radius 2 is 1.88 bits per heavy atom. The van der Waals surface area contributed by atoms with Crippen LogP contribution < -0.4 is 5.73 Å². The summed E-state index contributed by atoms with van der Waals surface area (Å²) in [6.07, 6.45) is 4.80. The second-order valence-electron chi connectivity index (χ2n) is 4.60. The maximum Gasteiger partial charge on any atom is 0.236 e. The molecule has 0 spiro atoms. The van der Waals surface area contributed by atoms with Crippen molar-refractivity contribution in [1.29, 1.82) is 0 Å². The van der Waals surface area contributed by atoms with Gasteiger partial charge in [0.2, 0.25) is 5.91 Å². The first-order valence-corrected chi connectivity index (χ1v) is 6.14. The summed E-state index contributed by atoms with van der Waals surface area (Å²) in [6.45, 7) is 0.981. The zero-order valence-corrected chi connectivity index (χ0v) is 10.9. The van der Waals surface area contributed by atoms with E-state index in [1.807, 2.05) is 0 Å². The number of thiocarbonyl (C=S) groups is 1. The second kappa shape index (κ2) is 6.15. The van der Waals surface area contributed by atoms with Crippen LogP contribution in [0.4, 0.5) is 0 Å². The Hall–Kier alpha value is -0.680. The van der Waals surface area contributed by atoms with Crippen LogP contribution in [0.2, 0.25) is 0 Å². The zero-order valence-electron chi connectivity index (χ0n) is 10.1. The average Bonchev–Trinajstić information content (AvgIpc) is 2.68. The van der Waals surface area contributed by atoms with E-state index < -0.39 is 0 Å². The standard InChI is InChI=1S/C11H21N3OS/c1-13(2)11(15)8-14(7-10(12)16)9-5-3-4-6-9/h9H,3-8H2,1-2H3,(H2,12,16). The number of rotatable bonds is 5. The molecule has 0 aromatic heterocycles. The summed E-state index contributed by atoms with van der Waals surface area (Å²) in [5.41, 5.74) is 5.58. The maximum absolute atomic E-state index is 11.7. The molecule has 0 bridgehead atoms. The molecular formula is C11H21N3OS. The molecule has 5 heteroatoms. The fraction of sp³-hybridized carbons (Fsp3) is 0.818. The minimum atomic E-state index is 0.114. The van der Waals surface area contributed by atoms with Crippen molar-refractivity contribution < 1.29 is 4.79 Å². The fourth-order valence-corrected chi connectivity index (χ4v) is 2.26. The number of amides is 1. The van der Waals surface area contributed by atoms with E-state index in [9.17, 15) is 4.79 Å². The maximum atomic E-state index is 11.7. The van der Waals surface area contributed by atoms with Gasteiger partial charge in [0.1, 0.15) is 0 Å². The number of nitrogens with two attached hydrogens (primary N) is 1. The van der Waals surface area contributed by atoms with Crippen LogP contribution in [-0.4, -0.2) is 53.9 Å². The minimum absolute atomic E-state index is 0.114. The van der Waals surface area contributed by atoms with Gasteiger partial charge >= 0.3 is 0 Å². The summed E-state index contributed by atoms with van der Waals surface area (Å²) in [4.78, 5) is 15.9. The molecule has 0 heterocycles. The van der Waals surface area contributed by atoms with Gasteiger partial charge in [0.15, 0.2) is 0 Å². The van der Waals surface area contributed by atoms with Crippen LogP contribution in [0.5, 0.6) is 0 Å². The summed E-state index contributed by atoms with van der Waals surface area (Å²) >= 11 is 4.94. The third-order valence-electron chi connectivity index (χ3n) is 3.04. The zero-order chi connectivity index (χ0) is 12.1. The summed E-state index contributed by atoms with van der Waals surface area (Å²) in [6, 6.07) is 0.477. The van der Waals surface area contributed by atoms with Crippen LogP contribution in [0.1, 0.15) is 25.7 Å². The molecule has 4 nitrogen and oxygen atoms in total. The normalized spacial score (nSPS) is 16.7. The first-order valence-electron chi connectivity index (χ1n) is 5.73. The third-order valence-corrected chi connectivity index (χ3v) is 3.17. The molecule has 1 aliphatic rings. The molecule has 0 saturated heterocycles. The van der Waals surface area contributed by atoms with E-state index in [0.29, 0.717) is 24.1 Å². The van der Waals surface area contributed by atoms with E-state index in [-0.39, 0.29) is 5.91 Å². The number of likely N-dealkylation sites (N-methyl/N-ethyl adjacent to an activating group) is 1. The fourth-order valence-electron chi connectivity index (χ4n) is 2.10. The smallest absolute Gasteiger partial charge is 0.236 e. The molecule has 1 fully saturated rings. The molecule has 2 N–H and O–H groups in total. The Morgan fingerprint density at radius 3 is 2.31 bits per heavy atom. The second-order valence-corrected chi connectivity index (χ2v) is 5.12. The molecule has 0 aliphatic heterocycles. The van der Waals surface area contributed by atoms with E-state index in [2.05, 4.69) is 4.90 Å². The van der Waals surface area contributed by atoms with Gasteiger partial charge in [0.25, 0.3) is 0 Å². The van der Waals surface area contributed by atoms with Crippen molar-refractivity contribution in [2.24, 2.45) is 5.73 Å². The summed E-state index contributed by atoms with van der Waals surface area (Å²) in [5.74, 6) is 0.114. The number of carbonyl (C=O) groups is 1.